The summed E-state index contributed by atoms with van der Waals surface area (Å²) in [4.78, 5) is 20.0. The van der Waals surface area contributed by atoms with Crippen LogP contribution in [0.1, 0.15) is 30.8 Å². The van der Waals surface area contributed by atoms with E-state index in [4.69, 9.17) is 0 Å². The minimum atomic E-state index is -0.892. The minimum Gasteiger partial charge on any atom is -0.481 e. The van der Waals surface area contributed by atoms with Crippen LogP contribution in [-0.4, -0.2) is 21.0 Å². The predicted octanol–water partition coefficient (Wildman–Crippen LogP) is 3.79. The van der Waals surface area contributed by atoms with Crippen LogP contribution in [0.4, 0.5) is 0 Å². The van der Waals surface area contributed by atoms with E-state index in [9.17, 15) is 9.90 Å². The maximum atomic E-state index is 11.3. The van der Waals surface area contributed by atoms with Gasteiger partial charge in [-0.3, -0.25) is 4.79 Å². The largest absolute Gasteiger partial charge is 0.481 e. The molecule has 0 aliphatic rings. The van der Waals surface area contributed by atoms with Gasteiger partial charge in [0, 0.05) is 15.7 Å². The van der Waals surface area contributed by atoms with Crippen molar-refractivity contribution in [3.63, 3.8) is 0 Å². The second-order valence-corrected chi connectivity index (χ2v) is 5.39. The van der Waals surface area contributed by atoms with E-state index < -0.39 is 11.9 Å². The molecule has 1 heterocycles. The average Bonchev–Trinajstić information content (AvgIpc) is 2.39. The second kappa shape index (κ2) is 6.13. The van der Waals surface area contributed by atoms with Gasteiger partial charge in [0.25, 0.3) is 0 Å². The average molecular weight is 335 g/mol. The number of benzene rings is 1. The van der Waals surface area contributed by atoms with Crippen LogP contribution >= 0.6 is 15.9 Å². The molecule has 1 aromatic heterocycles. The van der Waals surface area contributed by atoms with Gasteiger partial charge < -0.3 is 5.11 Å². The maximum absolute atomic E-state index is 11.3. The van der Waals surface area contributed by atoms with Gasteiger partial charge in [0.15, 0.2) is 0 Å². The zero-order chi connectivity index (χ0) is 14.7. The molecule has 1 N–H and O–H groups in total. The van der Waals surface area contributed by atoms with E-state index in [1.807, 2.05) is 44.2 Å². The van der Waals surface area contributed by atoms with Crippen LogP contribution < -0.4 is 0 Å². The lowest BCUT2D eigenvalue weighted by atomic mass is 10.0. The molecule has 0 fully saturated rings. The third-order valence-electron chi connectivity index (χ3n) is 3.04. The van der Waals surface area contributed by atoms with Crippen molar-refractivity contribution in [2.75, 3.05) is 0 Å². The van der Waals surface area contributed by atoms with Crippen molar-refractivity contribution in [3.05, 3.63) is 46.3 Å². The Balaban J connectivity index is 2.54. The van der Waals surface area contributed by atoms with Gasteiger partial charge in [0.2, 0.25) is 0 Å². The molecule has 0 spiro atoms. The molecule has 4 nitrogen and oxygen atoms in total. The van der Waals surface area contributed by atoms with E-state index in [0.29, 0.717) is 12.2 Å². The fourth-order valence-electron chi connectivity index (χ4n) is 2.02. The topological polar surface area (TPSA) is 63.1 Å². The fourth-order valence-corrected chi connectivity index (χ4v) is 2.51. The van der Waals surface area contributed by atoms with E-state index in [2.05, 4.69) is 25.9 Å². The van der Waals surface area contributed by atoms with Crippen molar-refractivity contribution < 1.29 is 9.90 Å². The minimum absolute atomic E-state index is 0.366. The van der Waals surface area contributed by atoms with Crippen LogP contribution in [0.2, 0.25) is 0 Å². The van der Waals surface area contributed by atoms with Crippen LogP contribution in [0.5, 0.6) is 0 Å². The van der Waals surface area contributed by atoms with Gasteiger partial charge in [0.05, 0.1) is 5.69 Å². The van der Waals surface area contributed by atoms with Crippen LogP contribution in [0, 0.1) is 6.92 Å². The van der Waals surface area contributed by atoms with E-state index in [1.165, 1.54) is 0 Å². The number of nitrogens with zero attached hydrogens (tertiary/aromatic N) is 2. The summed E-state index contributed by atoms with van der Waals surface area (Å²) in [5.74, 6) is -1.20. The van der Waals surface area contributed by atoms with Gasteiger partial charge in [-0.1, -0.05) is 41.1 Å². The van der Waals surface area contributed by atoms with Crippen LogP contribution in [0.3, 0.4) is 0 Å². The van der Waals surface area contributed by atoms with Crippen molar-refractivity contribution in [1.29, 1.82) is 0 Å². The van der Waals surface area contributed by atoms with Crippen molar-refractivity contribution in [2.45, 2.75) is 26.2 Å². The molecule has 2 rings (SSSR count). The number of halogens is 1. The van der Waals surface area contributed by atoms with Gasteiger partial charge in [-0.15, -0.1) is 0 Å². The van der Waals surface area contributed by atoms with Crippen molar-refractivity contribution in [1.82, 2.24) is 9.97 Å². The highest BCUT2D eigenvalue weighted by atomic mass is 79.9. The molecular formula is C15H15BrN2O2. The molecule has 0 saturated carbocycles. The summed E-state index contributed by atoms with van der Waals surface area (Å²) in [6.45, 7) is 3.67. The summed E-state index contributed by atoms with van der Waals surface area (Å²) < 4.78 is 0.924. The smallest absolute Gasteiger partial charge is 0.314 e. The SMILES string of the molecule is CCC(C(=O)O)c1nc(C)cc(-c2ccccc2Br)n1. The van der Waals surface area contributed by atoms with E-state index >= 15 is 0 Å². The lowest BCUT2D eigenvalue weighted by Crippen LogP contribution is -2.15. The lowest BCUT2D eigenvalue weighted by Gasteiger charge is -2.12. The van der Waals surface area contributed by atoms with Crippen LogP contribution in [0.15, 0.2) is 34.8 Å². The fraction of sp³-hybridized carbons (Fsp3) is 0.267. The first-order chi connectivity index (χ1) is 9.52. The predicted molar refractivity (Wildman–Crippen MR) is 80.6 cm³/mol. The number of aryl methyl sites for hydroxylation is 1. The standard InChI is InChI=1S/C15H15BrN2O2/c1-3-10(15(19)20)14-17-9(2)8-13(18-14)11-6-4-5-7-12(11)16/h4-8,10H,3H2,1-2H3,(H,19,20). The highest BCUT2D eigenvalue weighted by Gasteiger charge is 2.22. The number of hydrogen-bond donors (Lipinski definition) is 1. The Kier molecular flexibility index (Phi) is 4.49. The van der Waals surface area contributed by atoms with Crippen molar-refractivity contribution >= 4 is 21.9 Å². The van der Waals surface area contributed by atoms with Gasteiger partial charge in [-0.2, -0.15) is 0 Å². The van der Waals surface area contributed by atoms with Gasteiger partial charge in [-0.25, -0.2) is 9.97 Å². The Morgan fingerprint density at radius 2 is 2.05 bits per heavy atom. The zero-order valence-corrected chi connectivity index (χ0v) is 12.9. The molecule has 0 bridgehead atoms. The lowest BCUT2D eigenvalue weighted by molar-refractivity contribution is -0.139. The number of rotatable bonds is 4. The van der Waals surface area contributed by atoms with Crippen molar-refractivity contribution in [3.8, 4) is 11.3 Å². The summed E-state index contributed by atoms with van der Waals surface area (Å²) in [5.41, 5.74) is 2.43. The Morgan fingerprint density at radius 1 is 1.35 bits per heavy atom. The molecule has 104 valence electrons. The number of carbonyl (C=O) groups is 1. The molecular weight excluding hydrogens is 320 g/mol. The molecule has 0 amide bonds. The molecule has 20 heavy (non-hydrogen) atoms. The molecule has 0 aliphatic carbocycles. The summed E-state index contributed by atoms with van der Waals surface area (Å²) >= 11 is 3.49. The Bertz CT molecular complexity index is 644. The van der Waals surface area contributed by atoms with Gasteiger partial charge in [-0.05, 0) is 25.5 Å². The number of aromatic nitrogens is 2. The zero-order valence-electron chi connectivity index (χ0n) is 11.3. The monoisotopic (exact) mass is 334 g/mol. The first kappa shape index (κ1) is 14.7. The molecule has 1 atom stereocenters. The number of aliphatic carboxylic acids is 1. The van der Waals surface area contributed by atoms with E-state index in [0.717, 1.165) is 21.4 Å². The normalized spacial score (nSPS) is 12.2. The molecule has 0 radical (unpaired) electrons. The maximum Gasteiger partial charge on any atom is 0.314 e. The first-order valence-electron chi connectivity index (χ1n) is 6.36. The number of carboxylic acids is 1. The third-order valence-corrected chi connectivity index (χ3v) is 3.73. The molecule has 0 aliphatic heterocycles. The Hall–Kier alpha value is -1.75. The Morgan fingerprint density at radius 3 is 2.65 bits per heavy atom. The number of carboxylic acid groups (broad SMARTS) is 1. The van der Waals surface area contributed by atoms with Gasteiger partial charge >= 0.3 is 5.97 Å². The molecule has 1 aromatic carbocycles. The highest BCUT2D eigenvalue weighted by Crippen LogP contribution is 2.28. The molecule has 1 unspecified atom stereocenters. The molecule has 0 saturated heterocycles. The summed E-state index contributed by atoms with van der Waals surface area (Å²) in [7, 11) is 0. The Labute approximate surface area is 126 Å². The highest BCUT2D eigenvalue weighted by molar-refractivity contribution is 9.10. The molecule has 5 heteroatoms. The second-order valence-electron chi connectivity index (χ2n) is 4.53. The number of hydrogen-bond acceptors (Lipinski definition) is 3. The molecule has 2 aromatic rings. The van der Waals surface area contributed by atoms with Crippen LogP contribution in [0.25, 0.3) is 11.3 Å². The third kappa shape index (κ3) is 3.04. The summed E-state index contributed by atoms with van der Waals surface area (Å²) in [6, 6.07) is 9.58. The quantitative estimate of drug-likeness (QED) is 0.923. The summed E-state index contributed by atoms with van der Waals surface area (Å²) in [5, 5.41) is 9.24. The van der Waals surface area contributed by atoms with Gasteiger partial charge in [0.1, 0.15) is 11.7 Å². The van der Waals surface area contributed by atoms with Crippen LogP contribution in [-0.2, 0) is 4.79 Å². The first-order valence-corrected chi connectivity index (χ1v) is 7.15. The summed E-state index contributed by atoms with van der Waals surface area (Å²) in [6.07, 6.45) is 0.466. The van der Waals surface area contributed by atoms with Crippen molar-refractivity contribution in [2.24, 2.45) is 0 Å². The van der Waals surface area contributed by atoms with E-state index in [-0.39, 0.29) is 0 Å². The van der Waals surface area contributed by atoms with E-state index in [1.54, 1.807) is 0 Å².